The highest BCUT2D eigenvalue weighted by Crippen LogP contribution is 2.33. The smallest absolute Gasteiger partial charge is 0.231 e. The molecule has 0 radical (unpaired) electrons. The second-order valence-corrected chi connectivity index (χ2v) is 4.37. The first-order valence-corrected chi connectivity index (χ1v) is 5.28. The molecule has 2 rings (SSSR count). The summed E-state index contributed by atoms with van der Waals surface area (Å²) in [6.45, 7) is 4.50. The summed E-state index contributed by atoms with van der Waals surface area (Å²) in [7, 11) is 0. The first kappa shape index (κ1) is 10.3. The molecule has 0 aliphatic carbocycles. The average molecular weight is 207 g/mol. The summed E-state index contributed by atoms with van der Waals surface area (Å²) in [4.78, 5) is 0. The number of nitrogens with two attached hydrogens (primary N) is 1. The predicted molar refractivity (Wildman–Crippen MR) is 59.2 cm³/mol. The molecule has 2 N–H and O–H groups in total. The fraction of sp³-hybridized carbons (Fsp3) is 0.500. The standard InChI is InChI=1S/C12H17NO2/c1-3-12(2,13)7-9-4-5-10-11(6-9)15-8-14-10/h4-6H,3,7-8,13H2,1-2H3. The van der Waals surface area contributed by atoms with Gasteiger partial charge in [0.2, 0.25) is 6.79 Å². The molecule has 0 spiro atoms. The van der Waals surface area contributed by atoms with E-state index >= 15 is 0 Å². The van der Waals surface area contributed by atoms with E-state index in [2.05, 4.69) is 13.8 Å². The largest absolute Gasteiger partial charge is 0.454 e. The fourth-order valence-corrected chi connectivity index (χ4v) is 1.64. The molecule has 3 heteroatoms. The number of benzene rings is 1. The maximum atomic E-state index is 6.12. The van der Waals surface area contributed by atoms with Crippen LogP contribution in [0.5, 0.6) is 11.5 Å². The zero-order chi connectivity index (χ0) is 10.9. The molecule has 1 aromatic rings. The molecular weight excluding hydrogens is 190 g/mol. The highest BCUT2D eigenvalue weighted by molar-refractivity contribution is 5.44. The van der Waals surface area contributed by atoms with Crippen molar-refractivity contribution < 1.29 is 9.47 Å². The molecule has 0 fully saturated rings. The van der Waals surface area contributed by atoms with Gasteiger partial charge < -0.3 is 15.2 Å². The lowest BCUT2D eigenvalue weighted by atomic mass is 9.91. The number of hydrogen-bond donors (Lipinski definition) is 1. The van der Waals surface area contributed by atoms with E-state index in [0.29, 0.717) is 6.79 Å². The van der Waals surface area contributed by atoms with Gasteiger partial charge >= 0.3 is 0 Å². The van der Waals surface area contributed by atoms with E-state index < -0.39 is 0 Å². The van der Waals surface area contributed by atoms with Crippen LogP contribution in [0.15, 0.2) is 18.2 Å². The maximum Gasteiger partial charge on any atom is 0.231 e. The number of fused-ring (bicyclic) bond motifs is 1. The van der Waals surface area contributed by atoms with Crippen LogP contribution in [-0.2, 0) is 6.42 Å². The van der Waals surface area contributed by atoms with E-state index in [1.54, 1.807) is 0 Å². The normalized spacial score (nSPS) is 17.5. The van der Waals surface area contributed by atoms with E-state index in [0.717, 1.165) is 24.3 Å². The Labute approximate surface area is 90.2 Å². The molecule has 1 aliphatic heterocycles. The van der Waals surface area contributed by atoms with Crippen molar-refractivity contribution in [1.82, 2.24) is 0 Å². The lowest BCUT2D eigenvalue weighted by Gasteiger charge is -2.22. The van der Waals surface area contributed by atoms with E-state index in [4.69, 9.17) is 15.2 Å². The van der Waals surface area contributed by atoms with E-state index in [1.807, 2.05) is 18.2 Å². The van der Waals surface area contributed by atoms with Crippen LogP contribution in [0.25, 0.3) is 0 Å². The topological polar surface area (TPSA) is 44.5 Å². The Morgan fingerprint density at radius 3 is 2.80 bits per heavy atom. The van der Waals surface area contributed by atoms with Crippen molar-refractivity contribution >= 4 is 0 Å². The molecule has 1 aliphatic rings. The van der Waals surface area contributed by atoms with E-state index in [9.17, 15) is 0 Å². The lowest BCUT2D eigenvalue weighted by molar-refractivity contribution is 0.174. The average Bonchev–Trinajstić information content (AvgIpc) is 2.64. The number of ether oxygens (including phenoxy) is 2. The Morgan fingerprint density at radius 2 is 2.07 bits per heavy atom. The van der Waals surface area contributed by atoms with Crippen LogP contribution >= 0.6 is 0 Å². The van der Waals surface area contributed by atoms with Crippen LogP contribution in [0.3, 0.4) is 0 Å². The van der Waals surface area contributed by atoms with Gasteiger partial charge in [-0.3, -0.25) is 0 Å². The molecular formula is C12H17NO2. The third-order valence-corrected chi connectivity index (χ3v) is 2.85. The Balaban J connectivity index is 2.17. The van der Waals surface area contributed by atoms with Gasteiger partial charge in [-0.1, -0.05) is 13.0 Å². The predicted octanol–water partition coefficient (Wildman–Crippen LogP) is 2.09. The van der Waals surface area contributed by atoms with Gasteiger partial charge in [-0.15, -0.1) is 0 Å². The SMILES string of the molecule is CCC(C)(N)Cc1ccc2c(c1)OCO2. The minimum Gasteiger partial charge on any atom is -0.454 e. The van der Waals surface area contributed by atoms with Gasteiger partial charge in [-0.25, -0.2) is 0 Å². The second kappa shape index (κ2) is 3.74. The van der Waals surface area contributed by atoms with Crippen LogP contribution in [0.2, 0.25) is 0 Å². The Kier molecular flexibility index (Phi) is 2.57. The van der Waals surface area contributed by atoms with Crippen molar-refractivity contribution in [3.63, 3.8) is 0 Å². The van der Waals surface area contributed by atoms with Crippen molar-refractivity contribution in [3.8, 4) is 11.5 Å². The Morgan fingerprint density at radius 1 is 1.33 bits per heavy atom. The van der Waals surface area contributed by atoms with Crippen LogP contribution < -0.4 is 15.2 Å². The third-order valence-electron chi connectivity index (χ3n) is 2.85. The Hall–Kier alpha value is -1.22. The molecule has 1 unspecified atom stereocenters. The Bertz CT molecular complexity index is 361. The maximum absolute atomic E-state index is 6.12. The summed E-state index contributed by atoms with van der Waals surface area (Å²) in [5, 5.41) is 0. The minimum absolute atomic E-state index is 0.145. The molecule has 0 aromatic heterocycles. The summed E-state index contributed by atoms with van der Waals surface area (Å²) in [5.41, 5.74) is 7.18. The molecule has 0 bridgehead atoms. The molecule has 0 amide bonds. The highest BCUT2D eigenvalue weighted by atomic mass is 16.7. The van der Waals surface area contributed by atoms with Crippen molar-refractivity contribution in [2.24, 2.45) is 5.73 Å². The third kappa shape index (κ3) is 2.23. The number of hydrogen-bond acceptors (Lipinski definition) is 3. The van der Waals surface area contributed by atoms with Crippen molar-refractivity contribution in [2.45, 2.75) is 32.2 Å². The molecule has 1 atom stereocenters. The fourth-order valence-electron chi connectivity index (χ4n) is 1.64. The second-order valence-electron chi connectivity index (χ2n) is 4.37. The summed E-state index contributed by atoms with van der Waals surface area (Å²) in [5.74, 6) is 1.66. The van der Waals surface area contributed by atoms with Gasteiger partial charge in [-0.05, 0) is 37.5 Å². The molecule has 82 valence electrons. The molecule has 1 aromatic carbocycles. The molecule has 15 heavy (non-hydrogen) atoms. The van der Waals surface area contributed by atoms with Gasteiger partial charge in [0, 0.05) is 5.54 Å². The minimum atomic E-state index is -0.145. The van der Waals surface area contributed by atoms with Gasteiger partial charge in [0.15, 0.2) is 11.5 Å². The number of rotatable bonds is 3. The van der Waals surface area contributed by atoms with Crippen LogP contribution in [-0.4, -0.2) is 12.3 Å². The van der Waals surface area contributed by atoms with Gasteiger partial charge in [0.1, 0.15) is 0 Å². The molecule has 1 heterocycles. The van der Waals surface area contributed by atoms with Gasteiger partial charge in [-0.2, -0.15) is 0 Å². The zero-order valence-corrected chi connectivity index (χ0v) is 9.25. The van der Waals surface area contributed by atoms with Crippen molar-refractivity contribution in [3.05, 3.63) is 23.8 Å². The van der Waals surface area contributed by atoms with Crippen molar-refractivity contribution in [1.29, 1.82) is 0 Å². The van der Waals surface area contributed by atoms with Gasteiger partial charge in [0.05, 0.1) is 0 Å². The van der Waals surface area contributed by atoms with Crippen LogP contribution in [0, 0.1) is 0 Å². The van der Waals surface area contributed by atoms with E-state index in [1.165, 1.54) is 5.56 Å². The summed E-state index contributed by atoms with van der Waals surface area (Å²) < 4.78 is 10.6. The lowest BCUT2D eigenvalue weighted by Crippen LogP contribution is -2.37. The summed E-state index contributed by atoms with van der Waals surface area (Å²) >= 11 is 0. The van der Waals surface area contributed by atoms with Crippen LogP contribution in [0.4, 0.5) is 0 Å². The van der Waals surface area contributed by atoms with Crippen molar-refractivity contribution in [2.75, 3.05) is 6.79 Å². The quantitative estimate of drug-likeness (QED) is 0.825. The molecule has 3 nitrogen and oxygen atoms in total. The monoisotopic (exact) mass is 207 g/mol. The molecule has 0 saturated heterocycles. The summed E-state index contributed by atoms with van der Waals surface area (Å²) in [6.07, 6.45) is 1.82. The van der Waals surface area contributed by atoms with E-state index in [-0.39, 0.29) is 5.54 Å². The van der Waals surface area contributed by atoms with Gasteiger partial charge in [0.25, 0.3) is 0 Å². The zero-order valence-electron chi connectivity index (χ0n) is 9.25. The highest BCUT2D eigenvalue weighted by Gasteiger charge is 2.19. The first-order valence-electron chi connectivity index (χ1n) is 5.28. The first-order chi connectivity index (χ1) is 7.11. The molecule has 0 saturated carbocycles. The van der Waals surface area contributed by atoms with Crippen LogP contribution in [0.1, 0.15) is 25.8 Å². The summed E-state index contributed by atoms with van der Waals surface area (Å²) in [6, 6.07) is 6.01.